The molecule has 2 aromatic rings. The van der Waals surface area contributed by atoms with Crippen molar-refractivity contribution in [2.24, 2.45) is 0 Å². The van der Waals surface area contributed by atoms with E-state index < -0.39 is 5.78 Å². The number of ketones is 3. The summed E-state index contributed by atoms with van der Waals surface area (Å²) < 4.78 is 10.5. The second-order valence-corrected chi connectivity index (χ2v) is 5.92. The first-order valence-electron chi connectivity index (χ1n) is 7.69. The number of aryl methyl sites for hydroxylation is 2. The Labute approximate surface area is 144 Å². The molecule has 0 atom stereocenters. The van der Waals surface area contributed by atoms with E-state index in [1.54, 1.807) is 7.11 Å². The van der Waals surface area contributed by atoms with Crippen molar-refractivity contribution in [1.29, 1.82) is 0 Å². The van der Waals surface area contributed by atoms with Crippen molar-refractivity contribution in [2.45, 2.75) is 20.8 Å². The SMILES string of the molecule is COc1cc(C)c(NC2=CC(=O)c3cc(C(C)=O)oc3C2=O)c(C)c1. The second-order valence-electron chi connectivity index (χ2n) is 5.92. The van der Waals surface area contributed by atoms with Crippen LogP contribution in [0.15, 0.2) is 34.4 Å². The first-order chi connectivity index (χ1) is 11.8. The van der Waals surface area contributed by atoms with Gasteiger partial charge in [-0.1, -0.05) is 0 Å². The van der Waals surface area contributed by atoms with E-state index in [0.29, 0.717) is 5.75 Å². The largest absolute Gasteiger partial charge is 0.497 e. The van der Waals surface area contributed by atoms with Crippen LogP contribution in [0.5, 0.6) is 5.75 Å². The van der Waals surface area contributed by atoms with Gasteiger partial charge < -0.3 is 14.5 Å². The highest BCUT2D eigenvalue weighted by Crippen LogP contribution is 2.30. The predicted molar refractivity (Wildman–Crippen MR) is 91.5 cm³/mol. The van der Waals surface area contributed by atoms with E-state index in [4.69, 9.17) is 9.15 Å². The van der Waals surface area contributed by atoms with E-state index in [2.05, 4.69) is 5.32 Å². The summed E-state index contributed by atoms with van der Waals surface area (Å²) in [6.45, 7) is 5.06. The molecule has 0 saturated carbocycles. The molecule has 0 aliphatic heterocycles. The minimum absolute atomic E-state index is 0.00171. The third-order valence-corrected chi connectivity index (χ3v) is 4.07. The lowest BCUT2D eigenvalue weighted by Gasteiger charge is -2.17. The van der Waals surface area contributed by atoms with Gasteiger partial charge in [0.25, 0.3) is 0 Å². The number of anilines is 1. The van der Waals surface area contributed by atoms with Gasteiger partial charge in [0.05, 0.1) is 18.4 Å². The van der Waals surface area contributed by atoms with Crippen LogP contribution in [0.1, 0.15) is 49.5 Å². The molecule has 25 heavy (non-hydrogen) atoms. The fourth-order valence-electron chi connectivity index (χ4n) is 2.78. The lowest BCUT2D eigenvalue weighted by atomic mass is 9.99. The van der Waals surface area contributed by atoms with Gasteiger partial charge in [0.2, 0.25) is 5.78 Å². The topological polar surface area (TPSA) is 85.6 Å². The second kappa shape index (κ2) is 6.05. The summed E-state index contributed by atoms with van der Waals surface area (Å²) in [6.07, 6.45) is 1.23. The van der Waals surface area contributed by atoms with Gasteiger partial charge in [-0.25, -0.2) is 0 Å². The van der Waals surface area contributed by atoms with Crippen LogP contribution in [-0.4, -0.2) is 24.5 Å². The van der Waals surface area contributed by atoms with E-state index >= 15 is 0 Å². The fourth-order valence-corrected chi connectivity index (χ4v) is 2.78. The average Bonchev–Trinajstić information content (AvgIpc) is 3.01. The molecule has 0 radical (unpaired) electrons. The van der Waals surface area contributed by atoms with Crippen LogP contribution in [0, 0.1) is 13.8 Å². The van der Waals surface area contributed by atoms with Crippen LogP contribution < -0.4 is 10.1 Å². The lowest BCUT2D eigenvalue weighted by molar-refractivity contribution is 0.0950. The number of hydrogen-bond acceptors (Lipinski definition) is 6. The number of methoxy groups -OCH3 is 1. The predicted octanol–water partition coefficient (Wildman–Crippen LogP) is 3.48. The Hall–Kier alpha value is -3.15. The molecule has 6 heteroatoms. The number of fused-ring (bicyclic) bond motifs is 1. The van der Waals surface area contributed by atoms with Gasteiger partial charge >= 0.3 is 0 Å². The minimum atomic E-state index is -0.461. The summed E-state index contributed by atoms with van der Waals surface area (Å²) in [7, 11) is 1.58. The van der Waals surface area contributed by atoms with E-state index in [1.165, 1.54) is 19.1 Å². The molecule has 1 heterocycles. The molecular formula is C19H17NO5. The highest BCUT2D eigenvalue weighted by Gasteiger charge is 2.31. The fraction of sp³-hybridized carbons (Fsp3) is 0.211. The zero-order valence-corrected chi connectivity index (χ0v) is 14.4. The first kappa shape index (κ1) is 16.7. The smallest absolute Gasteiger partial charge is 0.245 e. The summed E-state index contributed by atoms with van der Waals surface area (Å²) in [5, 5.41) is 3.02. The molecule has 0 spiro atoms. The maximum atomic E-state index is 12.6. The first-order valence-corrected chi connectivity index (χ1v) is 7.69. The van der Waals surface area contributed by atoms with Crippen molar-refractivity contribution in [3.63, 3.8) is 0 Å². The van der Waals surface area contributed by atoms with Crippen molar-refractivity contribution in [2.75, 3.05) is 12.4 Å². The van der Waals surface area contributed by atoms with Crippen LogP contribution in [0.2, 0.25) is 0 Å². The van der Waals surface area contributed by atoms with Gasteiger partial charge in [0.1, 0.15) is 5.75 Å². The van der Waals surface area contributed by atoms with E-state index in [0.717, 1.165) is 16.8 Å². The summed E-state index contributed by atoms with van der Waals surface area (Å²) >= 11 is 0. The molecule has 1 N–H and O–H groups in total. The number of carbonyl (C=O) groups excluding carboxylic acids is 3. The monoisotopic (exact) mass is 339 g/mol. The molecule has 1 aliphatic rings. The Morgan fingerprint density at radius 3 is 2.32 bits per heavy atom. The third kappa shape index (κ3) is 2.87. The van der Waals surface area contributed by atoms with Gasteiger partial charge in [-0.3, -0.25) is 14.4 Å². The Balaban J connectivity index is 1.98. The normalized spacial score (nSPS) is 13.4. The van der Waals surface area contributed by atoms with Gasteiger partial charge in [-0.2, -0.15) is 0 Å². The summed E-state index contributed by atoms with van der Waals surface area (Å²) in [5.74, 6) is -0.581. The van der Waals surface area contributed by atoms with Crippen molar-refractivity contribution in [3.05, 3.63) is 58.2 Å². The van der Waals surface area contributed by atoms with Gasteiger partial charge in [0, 0.05) is 18.7 Å². The third-order valence-electron chi connectivity index (χ3n) is 4.07. The number of furan rings is 1. The Morgan fingerprint density at radius 1 is 1.12 bits per heavy atom. The number of allylic oxidation sites excluding steroid dienone is 2. The van der Waals surface area contributed by atoms with Crippen LogP contribution in [0.3, 0.4) is 0 Å². The number of rotatable bonds is 4. The van der Waals surface area contributed by atoms with Crippen LogP contribution in [-0.2, 0) is 0 Å². The molecule has 0 amide bonds. The van der Waals surface area contributed by atoms with Gasteiger partial charge in [0.15, 0.2) is 23.1 Å². The molecule has 6 nitrogen and oxygen atoms in total. The molecule has 1 aromatic carbocycles. The van der Waals surface area contributed by atoms with E-state index in [9.17, 15) is 14.4 Å². The van der Waals surface area contributed by atoms with Crippen LogP contribution in [0.25, 0.3) is 0 Å². The Morgan fingerprint density at radius 2 is 1.76 bits per heavy atom. The number of ether oxygens (including phenoxy) is 1. The van der Waals surface area contributed by atoms with Crippen molar-refractivity contribution in [3.8, 4) is 5.75 Å². The molecule has 0 unspecified atom stereocenters. The summed E-state index contributed by atoms with van der Waals surface area (Å²) in [6, 6.07) is 4.98. The molecule has 0 saturated heterocycles. The standard InChI is InChI=1S/C19H17NO5/c1-9-5-12(24-4)6-10(2)17(9)20-14-8-15(22)13-7-16(11(3)21)25-19(13)18(14)23/h5-8,20H,1-4H3. The number of carbonyl (C=O) groups is 3. The maximum absolute atomic E-state index is 12.6. The molecule has 1 aromatic heterocycles. The van der Waals surface area contributed by atoms with Crippen LogP contribution in [0.4, 0.5) is 5.69 Å². The number of benzene rings is 1. The van der Waals surface area contributed by atoms with Crippen LogP contribution >= 0.6 is 0 Å². The molecular weight excluding hydrogens is 322 g/mol. The average molecular weight is 339 g/mol. The highest BCUT2D eigenvalue weighted by molar-refractivity contribution is 6.24. The van der Waals surface area contributed by atoms with Gasteiger partial charge in [-0.05, 0) is 43.2 Å². The molecule has 0 bridgehead atoms. The lowest BCUT2D eigenvalue weighted by Crippen LogP contribution is -2.20. The maximum Gasteiger partial charge on any atom is 0.245 e. The van der Waals surface area contributed by atoms with Crippen molar-refractivity contribution in [1.82, 2.24) is 0 Å². The molecule has 1 aliphatic carbocycles. The Bertz CT molecular complexity index is 926. The molecule has 0 fully saturated rings. The molecule has 128 valence electrons. The number of Topliss-reactive ketones (excluding diaryl/α,β-unsaturated/α-hetero) is 2. The molecule has 3 rings (SSSR count). The zero-order chi connectivity index (χ0) is 18.3. The zero-order valence-electron chi connectivity index (χ0n) is 14.4. The Kier molecular flexibility index (Phi) is 4.04. The summed E-state index contributed by atoms with van der Waals surface area (Å²) in [5.41, 5.74) is 2.68. The van der Waals surface area contributed by atoms with Gasteiger partial charge in [-0.15, -0.1) is 0 Å². The quantitative estimate of drug-likeness (QED) is 0.858. The van der Waals surface area contributed by atoms with Crippen molar-refractivity contribution >= 4 is 23.0 Å². The van der Waals surface area contributed by atoms with E-state index in [-0.39, 0.29) is 34.3 Å². The number of nitrogens with one attached hydrogen (secondary N) is 1. The van der Waals surface area contributed by atoms with E-state index in [1.807, 2.05) is 26.0 Å². The minimum Gasteiger partial charge on any atom is -0.497 e. The number of hydrogen-bond donors (Lipinski definition) is 1. The van der Waals surface area contributed by atoms with Crippen molar-refractivity contribution < 1.29 is 23.5 Å². The summed E-state index contributed by atoms with van der Waals surface area (Å²) in [4.78, 5) is 36.4. The highest BCUT2D eigenvalue weighted by atomic mass is 16.5.